The Bertz CT molecular complexity index is 566. The summed E-state index contributed by atoms with van der Waals surface area (Å²) in [5.41, 5.74) is 7.19. The van der Waals surface area contributed by atoms with Crippen LogP contribution in [0.25, 0.3) is 0 Å². The second-order valence-corrected chi connectivity index (χ2v) is 5.72. The maximum Gasteiger partial charge on any atom is 0.0899 e. The molecule has 0 aliphatic heterocycles. The van der Waals surface area contributed by atoms with E-state index in [-0.39, 0.29) is 12.5 Å². The third kappa shape index (κ3) is 3.27. The van der Waals surface area contributed by atoms with Crippen LogP contribution in [0, 0.1) is 0 Å². The summed E-state index contributed by atoms with van der Waals surface area (Å²) < 4.78 is 0. The number of rotatable bonds is 4. The number of hydrogen-bond donors (Lipinski definition) is 2. The van der Waals surface area contributed by atoms with Gasteiger partial charge in [-0.2, -0.15) is 0 Å². The lowest BCUT2D eigenvalue weighted by atomic mass is 9.89. The van der Waals surface area contributed by atoms with Gasteiger partial charge in [-0.25, -0.2) is 0 Å². The molecule has 2 aromatic rings. The highest BCUT2D eigenvalue weighted by Gasteiger charge is 2.25. The van der Waals surface area contributed by atoms with E-state index in [2.05, 4.69) is 0 Å². The Morgan fingerprint density at radius 1 is 0.950 bits per heavy atom. The minimum absolute atomic E-state index is 0.268. The van der Waals surface area contributed by atoms with Crippen LogP contribution in [0.3, 0.4) is 0 Å². The maximum absolute atomic E-state index is 10.6. The fourth-order valence-electron chi connectivity index (χ4n) is 2.15. The lowest BCUT2D eigenvalue weighted by molar-refractivity contribution is 0.147. The van der Waals surface area contributed by atoms with Gasteiger partial charge in [0.2, 0.25) is 0 Å². The van der Waals surface area contributed by atoms with Crippen molar-refractivity contribution in [2.45, 2.75) is 12.0 Å². The van der Waals surface area contributed by atoms with Crippen molar-refractivity contribution in [2.75, 3.05) is 6.54 Å². The average Bonchev–Trinajstić information content (AvgIpc) is 2.41. The Morgan fingerprint density at radius 3 is 2.00 bits per heavy atom. The number of aliphatic hydroxyl groups excluding tert-OH is 1. The van der Waals surface area contributed by atoms with Gasteiger partial charge in [0.25, 0.3) is 0 Å². The summed E-state index contributed by atoms with van der Waals surface area (Å²) in [6.07, 6.45) is -0.873. The molecule has 0 aliphatic carbocycles. The summed E-state index contributed by atoms with van der Waals surface area (Å²) in [6, 6.07) is 12.3. The molecule has 20 heavy (non-hydrogen) atoms. The molecule has 106 valence electrons. The lowest BCUT2D eigenvalue weighted by Crippen LogP contribution is -2.20. The van der Waals surface area contributed by atoms with E-state index in [1.54, 1.807) is 30.3 Å². The Kier molecular flexibility index (Phi) is 5.30. The zero-order chi connectivity index (χ0) is 14.7. The number of hydrogen-bond acceptors (Lipinski definition) is 2. The van der Waals surface area contributed by atoms with Crippen LogP contribution < -0.4 is 5.73 Å². The van der Waals surface area contributed by atoms with Crippen LogP contribution in [0.1, 0.15) is 23.1 Å². The van der Waals surface area contributed by atoms with E-state index in [4.69, 9.17) is 40.5 Å². The predicted octanol–water partition coefficient (Wildman–Crippen LogP) is 4.42. The lowest BCUT2D eigenvalue weighted by Gasteiger charge is -2.24. The van der Waals surface area contributed by atoms with Crippen molar-refractivity contribution in [1.82, 2.24) is 0 Å². The summed E-state index contributed by atoms with van der Waals surface area (Å²) in [4.78, 5) is 0. The first kappa shape index (κ1) is 15.6. The molecule has 0 radical (unpaired) electrons. The fourth-order valence-corrected chi connectivity index (χ4v) is 2.90. The van der Waals surface area contributed by atoms with E-state index < -0.39 is 6.10 Å². The molecule has 0 aromatic heterocycles. The largest absolute Gasteiger partial charge is 0.388 e. The van der Waals surface area contributed by atoms with Gasteiger partial charge in [0.1, 0.15) is 0 Å². The molecule has 0 bridgehead atoms. The summed E-state index contributed by atoms with van der Waals surface area (Å²) in [6.45, 7) is 0.268. The molecular weight excluding hydrogens is 317 g/mol. The Labute approximate surface area is 133 Å². The van der Waals surface area contributed by atoms with E-state index in [1.165, 1.54) is 0 Å². The standard InChI is InChI=1S/C15H14Cl3NO/c16-10-6-4-9(5-7-10)11(8-19)15(20)14-12(17)2-1-3-13(14)18/h1-7,11,15,20H,8,19H2. The number of benzene rings is 2. The molecule has 0 spiro atoms. The van der Waals surface area contributed by atoms with E-state index in [1.807, 2.05) is 12.1 Å². The second-order valence-electron chi connectivity index (χ2n) is 4.47. The monoisotopic (exact) mass is 329 g/mol. The summed E-state index contributed by atoms with van der Waals surface area (Å²) in [7, 11) is 0. The fraction of sp³-hybridized carbons (Fsp3) is 0.200. The SMILES string of the molecule is NCC(c1ccc(Cl)cc1)C(O)c1c(Cl)cccc1Cl. The molecule has 2 unspecified atom stereocenters. The van der Waals surface area contributed by atoms with Crippen LogP contribution in [-0.2, 0) is 0 Å². The van der Waals surface area contributed by atoms with Crippen LogP contribution in [0.15, 0.2) is 42.5 Å². The number of nitrogens with two attached hydrogens (primary N) is 1. The van der Waals surface area contributed by atoms with E-state index in [9.17, 15) is 5.11 Å². The minimum Gasteiger partial charge on any atom is -0.388 e. The number of aliphatic hydroxyl groups is 1. The minimum atomic E-state index is -0.873. The first-order chi connectivity index (χ1) is 9.54. The smallest absolute Gasteiger partial charge is 0.0899 e. The van der Waals surface area contributed by atoms with E-state index >= 15 is 0 Å². The van der Waals surface area contributed by atoms with Gasteiger partial charge in [0.15, 0.2) is 0 Å². The van der Waals surface area contributed by atoms with Crippen molar-refractivity contribution in [3.8, 4) is 0 Å². The van der Waals surface area contributed by atoms with Gasteiger partial charge in [-0.05, 0) is 29.8 Å². The third-order valence-corrected chi connectivity index (χ3v) is 4.14. The van der Waals surface area contributed by atoms with E-state index in [0.29, 0.717) is 20.6 Å². The molecule has 5 heteroatoms. The molecule has 0 amide bonds. The zero-order valence-electron chi connectivity index (χ0n) is 10.6. The van der Waals surface area contributed by atoms with Crippen molar-refractivity contribution in [2.24, 2.45) is 5.73 Å². The first-order valence-corrected chi connectivity index (χ1v) is 7.25. The highest BCUT2D eigenvalue weighted by molar-refractivity contribution is 6.36. The van der Waals surface area contributed by atoms with Crippen LogP contribution in [-0.4, -0.2) is 11.7 Å². The van der Waals surface area contributed by atoms with Crippen LogP contribution in [0.4, 0.5) is 0 Å². The average molecular weight is 331 g/mol. The first-order valence-electron chi connectivity index (χ1n) is 6.12. The van der Waals surface area contributed by atoms with Gasteiger partial charge in [-0.1, -0.05) is 53.0 Å². The summed E-state index contributed by atoms with van der Waals surface area (Å²) in [5.74, 6) is -0.301. The molecule has 2 aromatic carbocycles. The maximum atomic E-state index is 10.6. The van der Waals surface area contributed by atoms with Crippen molar-refractivity contribution < 1.29 is 5.11 Å². The van der Waals surface area contributed by atoms with E-state index in [0.717, 1.165) is 5.56 Å². The van der Waals surface area contributed by atoms with Crippen molar-refractivity contribution in [3.63, 3.8) is 0 Å². The molecule has 2 nitrogen and oxygen atoms in total. The molecule has 0 heterocycles. The molecule has 0 fully saturated rings. The van der Waals surface area contributed by atoms with Gasteiger partial charge in [0, 0.05) is 33.1 Å². The number of halogens is 3. The predicted molar refractivity (Wildman–Crippen MR) is 84.7 cm³/mol. The van der Waals surface area contributed by atoms with Crippen LogP contribution in [0.2, 0.25) is 15.1 Å². The molecular formula is C15H14Cl3NO. The normalized spacial score (nSPS) is 14.1. The van der Waals surface area contributed by atoms with Gasteiger partial charge in [0.05, 0.1) is 6.10 Å². The van der Waals surface area contributed by atoms with Gasteiger partial charge < -0.3 is 10.8 Å². The zero-order valence-corrected chi connectivity index (χ0v) is 12.8. The summed E-state index contributed by atoms with van der Waals surface area (Å²) >= 11 is 18.1. The Hall–Kier alpha value is -0.770. The summed E-state index contributed by atoms with van der Waals surface area (Å²) in [5, 5.41) is 12.1. The van der Waals surface area contributed by atoms with Gasteiger partial charge in [-0.3, -0.25) is 0 Å². The Morgan fingerprint density at radius 2 is 1.50 bits per heavy atom. The van der Waals surface area contributed by atoms with Gasteiger partial charge in [-0.15, -0.1) is 0 Å². The molecule has 0 aliphatic rings. The molecule has 0 saturated heterocycles. The molecule has 2 atom stereocenters. The topological polar surface area (TPSA) is 46.2 Å². The van der Waals surface area contributed by atoms with Crippen LogP contribution >= 0.6 is 34.8 Å². The van der Waals surface area contributed by atoms with Crippen LogP contribution in [0.5, 0.6) is 0 Å². The van der Waals surface area contributed by atoms with Gasteiger partial charge >= 0.3 is 0 Å². The molecule has 2 rings (SSSR count). The molecule has 3 N–H and O–H groups in total. The highest BCUT2D eigenvalue weighted by Crippen LogP contribution is 2.38. The third-order valence-electron chi connectivity index (χ3n) is 3.23. The van der Waals surface area contributed by atoms with Crippen molar-refractivity contribution in [3.05, 3.63) is 68.7 Å². The second kappa shape index (κ2) is 6.79. The van der Waals surface area contributed by atoms with Crippen molar-refractivity contribution in [1.29, 1.82) is 0 Å². The van der Waals surface area contributed by atoms with Crippen molar-refractivity contribution >= 4 is 34.8 Å². The quantitative estimate of drug-likeness (QED) is 0.871. The Balaban J connectivity index is 2.39. The molecule has 0 saturated carbocycles. The highest BCUT2D eigenvalue weighted by atomic mass is 35.5.